The summed E-state index contributed by atoms with van der Waals surface area (Å²) in [5, 5.41) is 9.60. The highest BCUT2D eigenvalue weighted by atomic mass is 16.7. The Morgan fingerprint density at radius 2 is 1.62 bits per heavy atom. The zero-order chi connectivity index (χ0) is 23.0. The van der Waals surface area contributed by atoms with Gasteiger partial charge in [0, 0.05) is 37.6 Å². The third kappa shape index (κ3) is 3.52. The van der Waals surface area contributed by atoms with Gasteiger partial charge in [-0.1, -0.05) is 12.1 Å². The molecule has 0 saturated heterocycles. The molecule has 8 nitrogen and oxygen atoms in total. The first-order chi connectivity index (χ1) is 15.4. The van der Waals surface area contributed by atoms with Gasteiger partial charge in [0.15, 0.2) is 29.2 Å². The quantitative estimate of drug-likeness (QED) is 0.641. The third-order valence-corrected chi connectivity index (χ3v) is 5.52. The van der Waals surface area contributed by atoms with Crippen LogP contribution in [-0.4, -0.2) is 46.2 Å². The maximum atomic E-state index is 9.00. The minimum absolute atomic E-state index is 0.252. The Morgan fingerprint density at radius 3 is 2.25 bits per heavy atom. The Hall–Kier alpha value is -3.65. The minimum atomic E-state index is -0.833. The zero-order valence-electron chi connectivity index (χ0n) is 18.6. The molecule has 0 amide bonds. The van der Waals surface area contributed by atoms with E-state index in [-0.39, 0.29) is 13.0 Å². The molecule has 0 spiro atoms. The molecule has 3 aromatic rings. The van der Waals surface area contributed by atoms with E-state index < -0.39 is 5.97 Å². The number of rotatable bonds is 3. The van der Waals surface area contributed by atoms with Gasteiger partial charge < -0.3 is 33.7 Å². The van der Waals surface area contributed by atoms with Crippen LogP contribution in [0.4, 0.5) is 5.69 Å². The number of fused-ring (bicyclic) bond motifs is 6. The highest BCUT2D eigenvalue weighted by Crippen LogP contribution is 2.51. The number of nitrogens with zero attached hydrogens (tertiary/aromatic N) is 1. The fourth-order valence-corrected chi connectivity index (χ4v) is 4.24. The summed E-state index contributed by atoms with van der Waals surface area (Å²) >= 11 is 0. The van der Waals surface area contributed by atoms with Crippen molar-refractivity contribution in [1.82, 2.24) is 0 Å². The van der Waals surface area contributed by atoms with Crippen LogP contribution in [0.15, 0.2) is 36.4 Å². The lowest BCUT2D eigenvalue weighted by Crippen LogP contribution is -2.30. The topological polar surface area (TPSA) is 86.7 Å². The Bertz CT molecular complexity index is 1190. The molecular formula is C24H25NO7. The van der Waals surface area contributed by atoms with E-state index >= 15 is 0 Å². The van der Waals surface area contributed by atoms with Gasteiger partial charge in [-0.2, -0.15) is 0 Å². The molecule has 3 aromatic carbocycles. The van der Waals surface area contributed by atoms with Crippen molar-refractivity contribution in [1.29, 1.82) is 0 Å². The number of carboxylic acids is 1. The van der Waals surface area contributed by atoms with Crippen molar-refractivity contribution in [2.24, 2.45) is 0 Å². The lowest BCUT2D eigenvalue weighted by atomic mass is 9.89. The molecule has 2 aliphatic heterocycles. The predicted molar refractivity (Wildman–Crippen MR) is 120 cm³/mol. The summed E-state index contributed by atoms with van der Waals surface area (Å²) in [5.74, 6) is 2.09. The van der Waals surface area contributed by atoms with Crippen LogP contribution in [0, 0.1) is 0 Å². The van der Waals surface area contributed by atoms with Gasteiger partial charge in [-0.25, -0.2) is 0 Å². The predicted octanol–water partition coefficient (Wildman–Crippen LogP) is 4.44. The lowest BCUT2D eigenvalue weighted by Gasteiger charge is -2.37. The summed E-state index contributed by atoms with van der Waals surface area (Å²) in [4.78, 5) is 11.1. The molecule has 1 atom stereocenters. The summed E-state index contributed by atoms with van der Waals surface area (Å²) in [6.07, 6.45) is -0.252. The molecule has 168 valence electrons. The summed E-state index contributed by atoms with van der Waals surface area (Å²) in [5.41, 5.74) is 4.30. The van der Waals surface area contributed by atoms with E-state index in [1.54, 1.807) is 21.3 Å². The highest BCUT2D eigenvalue weighted by Gasteiger charge is 2.32. The van der Waals surface area contributed by atoms with Crippen molar-refractivity contribution >= 4 is 22.4 Å². The van der Waals surface area contributed by atoms with E-state index in [2.05, 4.69) is 17.0 Å². The van der Waals surface area contributed by atoms with E-state index in [1.165, 1.54) is 0 Å². The number of ether oxygens (including phenoxy) is 5. The fraction of sp³-hybridized carbons (Fsp3) is 0.292. The van der Waals surface area contributed by atoms with Gasteiger partial charge in [-0.15, -0.1) is 0 Å². The van der Waals surface area contributed by atoms with Crippen LogP contribution in [0.5, 0.6) is 23.0 Å². The number of carbonyl (C=O) groups is 1. The van der Waals surface area contributed by atoms with Crippen molar-refractivity contribution in [2.75, 3.05) is 40.1 Å². The number of hydrogen-bond acceptors (Lipinski definition) is 7. The van der Waals surface area contributed by atoms with Crippen LogP contribution in [0.1, 0.15) is 18.7 Å². The van der Waals surface area contributed by atoms with E-state index in [1.807, 2.05) is 31.3 Å². The van der Waals surface area contributed by atoms with Crippen LogP contribution in [-0.2, 0) is 9.53 Å². The highest BCUT2D eigenvalue weighted by molar-refractivity contribution is 6.05. The van der Waals surface area contributed by atoms with E-state index in [0.29, 0.717) is 11.5 Å². The second kappa shape index (κ2) is 8.47. The average molecular weight is 439 g/mol. The Kier molecular flexibility index (Phi) is 5.71. The number of aliphatic carboxylic acids is 1. The van der Waals surface area contributed by atoms with Crippen LogP contribution < -0.4 is 23.8 Å². The molecule has 0 aromatic heterocycles. The maximum absolute atomic E-state index is 9.00. The van der Waals surface area contributed by atoms with Crippen LogP contribution in [0.25, 0.3) is 21.9 Å². The van der Waals surface area contributed by atoms with Crippen molar-refractivity contribution in [3.63, 3.8) is 0 Å². The first-order valence-electron chi connectivity index (χ1n) is 9.97. The molecule has 0 aliphatic carbocycles. The van der Waals surface area contributed by atoms with Gasteiger partial charge in [-0.05, 0) is 35.2 Å². The summed E-state index contributed by atoms with van der Waals surface area (Å²) in [7, 11) is 7.04. The third-order valence-electron chi connectivity index (χ3n) is 5.52. The number of hydrogen-bond donors (Lipinski definition) is 1. The minimum Gasteiger partial charge on any atom is -0.493 e. The second-order valence-corrected chi connectivity index (χ2v) is 7.40. The fourth-order valence-electron chi connectivity index (χ4n) is 4.24. The van der Waals surface area contributed by atoms with Crippen molar-refractivity contribution in [3.05, 3.63) is 42.0 Å². The number of carboxylic acid groups (broad SMARTS) is 1. The number of anilines is 1. The molecule has 1 unspecified atom stereocenters. The summed E-state index contributed by atoms with van der Waals surface area (Å²) in [6, 6.07) is 12.3. The van der Waals surface area contributed by atoms with Gasteiger partial charge in [0.2, 0.25) is 6.79 Å². The Labute approximate surface area is 185 Å². The van der Waals surface area contributed by atoms with E-state index in [9.17, 15) is 0 Å². The summed E-state index contributed by atoms with van der Waals surface area (Å²) in [6.45, 7) is 1.34. The van der Waals surface area contributed by atoms with Crippen LogP contribution in [0.2, 0.25) is 0 Å². The van der Waals surface area contributed by atoms with Crippen molar-refractivity contribution in [3.8, 4) is 34.1 Å². The summed E-state index contributed by atoms with van der Waals surface area (Å²) < 4.78 is 28.1. The average Bonchev–Trinajstić information content (AvgIpc) is 3.23. The molecule has 0 saturated carbocycles. The van der Waals surface area contributed by atoms with Crippen LogP contribution in [0.3, 0.4) is 0 Å². The van der Waals surface area contributed by atoms with Gasteiger partial charge >= 0.3 is 0 Å². The molecule has 5 rings (SSSR count). The molecule has 2 aliphatic rings. The molecule has 32 heavy (non-hydrogen) atoms. The molecular weight excluding hydrogens is 414 g/mol. The van der Waals surface area contributed by atoms with Crippen molar-refractivity contribution in [2.45, 2.75) is 13.2 Å². The standard InChI is InChI=1S/C22H21NO5.C2H4O2/c1-23-21-13(6-5-12-7-19-20(8-14(12)21)28-11-27-19)15-9-17(24-2)18(25-3)10-16(15)22(23)26-4;1-2(3)4/h5-10,22H,11H2,1-4H3;1H3,(H,3,4). The van der Waals surface area contributed by atoms with Gasteiger partial charge in [0.25, 0.3) is 5.97 Å². The smallest absolute Gasteiger partial charge is 0.300 e. The monoisotopic (exact) mass is 439 g/mol. The molecule has 8 heteroatoms. The normalized spacial score (nSPS) is 15.4. The second-order valence-electron chi connectivity index (χ2n) is 7.40. The Balaban J connectivity index is 0.000000567. The number of methoxy groups -OCH3 is 3. The first-order valence-corrected chi connectivity index (χ1v) is 9.97. The van der Waals surface area contributed by atoms with Gasteiger partial charge in [0.05, 0.1) is 19.9 Å². The molecule has 1 N–H and O–H groups in total. The number of benzene rings is 3. The van der Waals surface area contributed by atoms with E-state index in [4.69, 9.17) is 33.6 Å². The van der Waals surface area contributed by atoms with Gasteiger partial charge in [0.1, 0.15) is 0 Å². The molecule has 0 bridgehead atoms. The van der Waals surface area contributed by atoms with Crippen molar-refractivity contribution < 1.29 is 33.6 Å². The maximum Gasteiger partial charge on any atom is 0.300 e. The van der Waals surface area contributed by atoms with E-state index in [0.717, 1.165) is 51.6 Å². The van der Waals surface area contributed by atoms with Crippen LogP contribution >= 0.6 is 0 Å². The van der Waals surface area contributed by atoms with Gasteiger partial charge in [-0.3, -0.25) is 4.79 Å². The largest absolute Gasteiger partial charge is 0.493 e. The Morgan fingerprint density at radius 1 is 1.00 bits per heavy atom. The molecule has 0 radical (unpaired) electrons. The lowest BCUT2D eigenvalue weighted by molar-refractivity contribution is -0.134. The first kappa shape index (κ1) is 21.6. The molecule has 2 heterocycles. The molecule has 0 fully saturated rings. The zero-order valence-corrected chi connectivity index (χ0v) is 18.6. The SMILES string of the molecule is CC(=O)O.COc1cc2c(cc1OC)C(OC)N(C)c1c-2ccc2cc3c(cc12)OCO3.